The van der Waals surface area contributed by atoms with Crippen molar-refractivity contribution in [1.29, 1.82) is 0 Å². The molecule has 3 nitrogen and oxygen atoms in total. The van der Waals surface area contributed by atoms with Crippen LogP contribution in [0.5, 0.6) is 0 Å². The number of hydrogen-bond acceptors (Lipinski definition) is 2. The lowest BCUT2D eigenvalue weighted by molar-refractivity contribution is 0.360. The largest absolute Gasteiger partial charge is 0.243 e. The molecule has 1 aliphatic carbocycles. The third-order valence-corrected chi connectivity index (χ3v) is 5.55. The van der Waals surface area contributed by atoms with E-state index in [2.05, 4.69) is 15.9 Å². The van der Waals surface area contributed by atoms with Crippen LogP contribution in [0.15, 0.2) is 27.6 Å². The highest BCUT2D eigenvalue weighted by molar-refractivity contribution is 9.10. The third kappa shape index (κ3) is 3.35. The molecule has 1 saturated carbocycles. The van der Waals surface area contributed by atoms with E-state index < -0.39 is 15.8 Å². The molecule has 0 heterocycles. The van der Waals surface area contributed by atoms with Gasteiger partial charge in [-0.1, -0.05) is 13.8 Å². The first-order valence-electron chi connectivity index (χ1n) is 6.29. The van der Waals surface area contributed by atoms with Gasteiger partial charge in [-0.25, -0.2) is 12.8 Å². The van der Waals surface area contributed by atoms with Crippen LogP contribution in [0.25, 0.3) is 0 Å². The molecule has 19 heavy (non-hydrogen) atoms. The molecule has 106 valence electrons. The molecule has 2 rings (SSSR count). The molecule has 0 amide bonds. The number of halogens is 2. The maximum absolute atomic E-state index is 13.5. The first kappa shape index (κ1) is 14.9. The van der Waals surface area contributed by atoms with Gasteiger partial charge in [0.15, 0.2) is 0 Å². The molecule has 0 bridgehead atoms. The molecule has 0 atom stereocenters. The zero-order chi connectivity index (χ0) is 14.2. The summed E-state index contributed by atoms with van der Waals surface area (Å²) in [4.78, 5) is 0.0285. The molecule has 0 spiro atoms. The standard InChI is InChI=1S/C13H17BrFNO2S/c1-9(2)8-16(10-3-4-10)19(17,18)11-5-6-12(14)13(15)7-11/h5-7,9-10H,3-4,8H2,1-2H3. The molecule has 0 saturated heterocycles. The maximum Gasteiger partial charge on any atom is 0.243 e. The zero-order valence-corrected chi connectivity index (χ0v) is 13.3. The monoisotopic (exact) mass is 349 g/mol. The van der Waals surface area contributed by atoms with E-state index in [1.807, 2.05) is 13.8 Å². The molecular formula is C13H17BrFNO2S. The van der Waals surface area contributed by atoms with Crippen molar-refractivity contribution >= 4 is 26.0 Å². The highest BCUT2D eigenvalue weighted by atomic mass is 79.9. The van der Waals surface area contributed by atoms with Gasteiger partial charge in [-0.2, -0.15) is 4.31 Å². The summed E-state index contributed by atoms with van der Waals surface area (Å²) >= 11 is 3.03. The van der Waals surface area contributed by atoms with Crippen molar-refractivity contribution in [2.45, 2.75) is 37.6 Å². The second kappa shape index (κ2) is 5.50. The Morgan fingerprint density at radius 3 is 2.53 bits per heavy atom. The van der Waals surface area contributed by atoms with Crippen molar-refractivity contribution in [2.24, 2.45) is 5.92 Å². The van der Waals surface area contributed by atoms with Crippen molar-refractivity contribution in [3.63, 3.8) is 0 Å². The fourth-order valence-electron chi connectivity index (χ4n) is 1.94. The Hall–Kier alpha value is -0.460. The summed E-state index contributed by atoms with van der Waals surface area (Å²) in [6, 6.07) is 4.04. The van der Waals surface area contributed by atoms with E-state index in [0.717, 1.165) is 18.9 Å². The number of hydrogen-bond donors (Lipinski definition) is 0. The highest BCUT2D eigenvalue weighted by Crippen LogP contribution is 2.33. The van der Waals surface area contributed by atoms with Gasteiger partial charge in [0.1, 0.15) is 5.82 Å². The van der Waals surface area contributed by atoms with E-state index in [4.69, 9.17) is 0 Å². The van der Waals surface area contributed by atoms with Crippen LogP contribution in [0.3, 0.4) is 0 Å². The summed E-state index contributed by atoms with van der Waals surface area (Å²) in [7, 11) is -3.60. The van der Waals surface area contributed by atoms with Crippen molar-refractivity contribution in [3.05, 3.63) is 28.5 Å². The second-order valence-corrected chi connectivity index (χ2v) is 8.02. The Kier molecular flexibility index (Phi) is 4.32. The zero-order valence-electron chi connectivity index (χ0n) is 10.9. The minimum absolute atomic E-state index is 0.0285. The Labute approximate surface area is 122 Å². The van der Waals surface area contributed by atoms with Gasteiger partial charge in [0.2, 0.25) is 10.0 Å². The van der Waals surface area contributed by atoms with E-state index in [1.165, 1.54) is 16.4 Å². The van der Waals surface area contributed by atoms with E-state index in [9.17, 15) is 12.8 Å². The van der Waals surface area contributed by atoms with E-state index in [0.29, 0.717) is 6.54 Å². The average molecular weight is 350 g/mol. The molecule has 1 aromatic carbocycles. The van der Waals surface area contributed by atoms with Crippen LogP contribution in [0, 0.1) is 11.7 Å². The molecule has 0 aromatic heterocycles. The minimum Gasteiger partial charge on any atom is -0.207 e. The Balaban J connectivity index is 2.35. The number of benzene rings is 1. The van der Waals surface area contributed by atoms with E-state index in [-0.39, 0.29) is 21.3 Å². The summed E-state index contributed by atoms with van der Waals surface area (Å²) in [6.45, 7) is 4.44. The Bertz CT molecular complexity index is 570. The number of sulfonamides is 1. The lowest BCUT2D eigenvalue weighted by Crippen LogP contribution is -2.36. The van der Waals surface area contributed by atoms with Crippen LogP contribution in [-0.4, -0.2) is 25.3 Å². The Morgan fingerprint density at radius 2 is 2.05 bits per heavy atom. The SMILES string of the molecule is CC(C)CN(C1CC1)S(=O)(=O)c1ccc(Br)c(F)c1. The quantitative estimate of drug-likeness (QED) is 0.816. The van der Waals surface area contributed by atoms with Crippen LogP contribution in [0.2, 0.25) is 0 Å². The van der Waals surface area contributed by atoms with E-state index in [1.54, 1.807) is 0 Å². The number of rotatable bonds is 5. The maximum atomic E-state index is 13.5. The van der Waals surface area contributed by atoms with Crippen LogP contribution in [0.4, 0.5) is 4.39 Å². The van der Waals surface area contributed by atoms with Crippen LogP contribution < -0.4 is 0 Å². The minimum atomic E-state index is -3.60. The number of nitrogens with zero attached hydrogens (tertiary/aromatic N) is 1. The van der Waals surface area contributed by atoms with E-state index >= 15 is 0 Å². The fraction of sp³-hybridized carbons (Fsp3) is 0.538. The molecule has 0 radical (unpaired) electrons. The smallest absolute Gasteiger partial charge is 0.207 e. The average Bonchev–Trinajstić information content (AvgIpc) is 3.13. The van der Waals surface area contributed by atoms with Crippen LogP contribution in [-0.2, 0) is 10.0 Å². The lowest BCUT2D eigenvalue weighted by Gasteiger charge is -2.23. The summed E-state index contributed by atoms with van der Waals surface area (Å²) in [6.07, 6.45) is 1.79. The van der Waals surface area contributed by atoms with Gasteiger partial charge in [-0.05, 0) is 52.9 Å². The normalized spacial score (nSPS) is 16.3. The molecule has 1 aromatic rings. The van der Waals surface area contributed by atoms with Gasteiger partial charge in [0.25, 0.3) is 0 Å². The molecule has 0 aliphatic heterocycles. The van der Waals surface area contributed by atoms with Gasteiger partial charge >= 0.3 is 0 Å². The van der Waals surface area contributed by atoms with Crippen LogP contribution in [0.1, 0.15) is 26.7 Å². The highest BCUT2D eigenvalue weighted by Gasteiger charge is 2.38. The molecular weight excluding hydrogens is 333 g/mol. The van der Waals surface area contributed by atoms with Gasteiger partial charge < -0.3 is 0 Å². The topological polar surface area (TPSA) is 37.4 Å². The van der Waals surface area contributed by atoms with Crippen molar-refractivity contribution < 1.29 is 12.8 Å². The Morgan fingerprint density at radius 1 is 1.42 bits per heavy atom. The van der Waals surface area contributed by atoms with Crippen molar-refractivity contribution in [3.8, 4) is 0 Å². The van der Waals surface area contributed by atoms with Crippen molar-refractivity contribution in [1.82, 2.24) is 4.31 Å². The molecule has 1 aliphatic rings. The first-order valence-corrected chi connectivity index (χ1v) is 8.52. The summed E-state index contributed by atoms with van der Waals surface area (Å²) in [5.74, 6) is -0.308. The summed E-state index contributed by atoms with van der Waals surface area (Å²) in [5, 5.41) is 0. The summed E-state index contributed by atoms with van der Waals surface area (Å²) in [5.41, 5.74) is 0. The second-order valence-electron chi connectivity index (χ2n) is 5.28. The summed E-state index contributed by atoms with van der Waals surface area (Å²) < 4.78 is 40.4. The first-order chi connectivity index (χ1) is 8.82. The molecule has 0 unspecified atom stereocenters. The predicted molar refractivity (Wildman–Crippen MR) is 75.9 cm³/mol. The lowest BCUT2D eigenvalue weighted by atomic mass is 10.2. The van der Waals surface area contributed by atoms with Gasteiger partial charge in [0.05, 0.1) is 9.37 Å². The predicted octanol–water partition coefficient (Wildman–Crippen LogP) is 3.40. The fourth-order valence-corrected chi connectivity index (χ4v) is 4.05. The van der Waals surface area contributed by atoms with Gasteiger partial charge in [-0.15, -0.1) is 0 Å². The van der Waals surface area contributed by atoms with Crippen molar-refractivity contribution in [2.75, 3.05) is 6.54 Å². The van der Waals surface area contributed by atoms with Crippen LogP contribution >= 0.6 is 15.9 Å². The molecule has 1 fully saturated rings. The molecule has 6 heteroatoms. The van der Waals surface area contributed by atoms with Gasteiger partial charge in [0, 0.05) is 12.6 Å². The molecule has 0 N–H and O–H groups in total. The third-order valence-electron chi connectivity index (χ3n) is 3.00. The van der Waals surface area contributed by atoms with Gasteiger partial charge in [-0.3, -0.25) is 0 Å².